The molecule has 1 fully saturated rings. The van der Waals surface area contributed by atoms with Crippen LogP contribution in [0.4, 0.5) is 8.78 Å². The highest BCUT2D eigenvalue weighted by Crippen LogP contribution is 2.41. The van der Waals surface area contributed by atoms with E-state index in [0.29, 0.717) is 11.5 Å². The van der Waals surface area contributed by atoms with Crippen molar-refractivity contribution in [2.75, 3.05) is 27.3 Å². The van der Waals surface area contributed by atoms with Crippen molar-refractivity contribution >= 4 is 0 Å². The molecule has 1 N–H and O–H groups in total. The topological polar surface area (TPSA) is 30.5 Å². The fraction of sp³-hybridized carbons (Fsp3) is 0.571. The third kappa shape index (κ3) is 2.97. The summed E-state index contributed by atoms with van der Waals surface area (Å²) in [4.78, 5) is 0. The van der Waals surface area contributed by atoms with E-state index >= 15 is 0 Å². The van der Waals surface area contributed by atoms with Gasteiger partial charge in [0.15, 0.2) is 11.5 Å². The van der Waals surface area contributed by atoms with Gasteiger partial charge in [-0.05, 0) is 44.0 Å². The first kappa shape index (κ1) is 14.1. The second-order valence-electron chi connectivity index (χ2n) is 4.67. The van der Waals surface area contributed by atoms with E-state index in [0.717, 1.165) is 31.5 Å². The lowest BCUT2D eigenvalue weighted by atomic mass is 9.88. The molecule has 0 saturated carbocycles. The average molecular weight is 271 g/mol. The van der Waals surface area contributed by atoms with Crippen LogP contribution in [-0.2, 0) is 0 Å². The molecule has 19 heavy (non-hydrogen) atoms. The summed E-state index contributed by atoms with van der Waals surface area (Å²) < 4.78 is 36.5. The predicted octanol–water partition coefficient (Wildman–Crippen LogP) is 3.11. The fourth-order valence-electron chi connectivity index (χ4n) is 2.58. The number of halogens is 2. The zero-order chi connectivity index (χ0) is 13.8. The number of rotatable bonds is 4. The number of methoxy groups -OCH3 is 2. The Morgan fingerprint density at radius 2 is 1.84 bits per heavy atom. The zero-order valence-corrected chi connectivity index (χ0v) is 11.2. The minimum absolute atomic E-state index is 0.00816. The molecular weight excluding hydrogens is 252 g/mol. The number of hydrogen-bond donors (Lipinski definition) is 1. The average Bonchev–Trinajstić information content (AvgIpc) is 2.46. The van der Waals surface area contributed by atoms with Crippen LogP contribution >= 0.6 is 0 Å². The Kier molecular flexibility index (Phi) is 4.58. The quantitative estimate of drug-likeness (QED) is 0.912. The van der Waals surface area contributed by atoms with Crippen molar-refractivity contribution < 1.29 is 18.3 Å². The summed E-state index contributed by atoms with van der Waals surface area (Å²) in [6.07, 6.45) is -0.654. The Bertz CT molecular complexity index is 432. The van der Waals surface area contributed by atoms with E-state index in [1.54, 1.807) is 13.2 Å². The fourth-order valence-corrected chi connectivity index (χ4v) is 2.58. The van der Waals surface area contributed by atoms with Crippen molar-refractivity contribution in [2.45, 2.75) is 25.2 Å². The third-order valence-corrected chi connectivity index (χ3v) is 3.56. The molecule has 0 atom stereocenters. The van der Waals surface area contributed by atoms with Crippen LogP contribution in [0.2, 0.25) is 0 Å². The largest absolute Gasteiger partial charge is 0.493 e. The second kappa shape index (κ2) is 6.19. The predicted molar refractivity (Wildman–Crippen MR) is 69.3 cm³/mol. The molecule has 1 aromatic carbocycles. The highest BCUT2D eigenvalue weighted by Gasteiger charge is 2.24. The third-order valence-electron chi connectivity index (χ3n) is 3.56. The van der Waals surface area contributed by atoms with E-state index in [-0.39, 0.29) is 11.5 Å². The monoisotopic (exact) mass is 271 g/mol. The van der Waals surface area contributed by atoms with Gasteiger partial charge < -0.3 is 14.8 Å². The van der Waals surface area contributed by atoms with Crippen molar-refractivity contribution in [1.29, 1.82) is 0 Å². The van der Waals surface area contributed by atoms with Gasteiger partial charge in [-0.2, -0.15) is 0 Å². The zero-order valence-electron chi connectivity index (χ0n) is 11.2. The van der Waals surface area contributed by atoms with Gasteiger partial charge in [-0.25, -0.2) is 8.78 Å². The molecule has 3 nitrogen and oxygen atoms in total. The van der Waals surface area contributed by atoms with E-state index in [9.17, 15) is 8.78 Å². The smallest absolute Gasteiger partial charge is 0.263 e. The maximum absolute atomic E-state index is 13.0. The minimum Gasteiger partial charge on any atom is -0.493 e. The van der Waals surface area contributed by atoms with Gasteiger partial charge in [0.25, 0.3) is 6.43 Å². The first-order valence-corrected chi connectivity index (χ1v) is 6.42. The van der Waals surface area contributed by atoms with Crippen LogP contribution in [0.15, 0.2) is 12.1 Å². The van der Waals surface area contributed by atoms with Gasteiger partial charge in [0.05, 0.1) is 14.2 Å². The summed E-state index contributed by atoms with van der Waals surface area (Å²) in [6.45, 7) is 1.80. The molecule has 1 saturated heterocycles. The maximum atomic E-state index is 13.0. The van der Waals surface area contributed by atoms with Crippen LogP contribution in [0, 0.1) is 0 Å². The molecular formula is C14H19F2NO2. The van der Waals surface area contributed by atoms with Gasteiger partial charge >= 0.3 is 0 Å². The first-order valence-electron chi connectivity index (χ1n) is 6.42. The van der Waals surface area contributed by atoms with Crippen LogP contribution in [-0.4, -0.2) is 27.3 Å². The molecule has 0 aliphatic carbocycles. The van der Waals surface area contributed by atoms with E-state index < -0.39 is 6.43 Å². The molecule has 0 amide bonds. The standard InChI is InChI=1S/C14H19F2NO2/c1-18-12-8-10(14(15)16)7-11(13(12)19-2)9-3-5-17-6-4-9/h7-9,14,17H,3-6H2,1-2H3. The molecule has 1 aliphatic rings. The summed E-state index contributed by atoms with van der Waals surface area (Å²) in [5.74, 6) is 1.21. The van der Waals surface area contributed by atoms with Crippen molar-refractivity contribution in [3.63, 3.8) is 0 Å². The number of nitrogens with one attached hydrogen (secondary N) is 1. The lowest BCUT2D eigenvalue weighted by molar-refractivity contribution is 0.150. The summed E-state index contributed by atoms with van der Waals surface area (Å²) in [7, 11) is 3.02. The summed E-state index contributed by atoms with van der Waals surface area (Å²) >= 11 is 0. The SMILES string of the molecule is COc1cc(C(F)F)cc(C2CCNCC2)c1OC. The normalized spacial score (nSPS) is 16.7. The maximum Gasteiger partial charge on any atom is 0.263 e. The summed E-state index contributed by atoms with van der Waals surface area (Å²) in [5, 5.41) is 3.27. The van der Waals surface area contributed by atoms with Crippen LogP contribution in [0.3, 0.4) is 0 Å². The molecule has 1 aromatic rings. The van der Waals surface area contributed by atoms with E-state index in [1.165, 1.54) is 13.2 Å². The molecule has 0 unspecified atom stereocenters. The summed E-state index contributed by atoms with van der Waals surface area (Å²) in [6, 6.07) is 2.91. The molecule has 0 spiro atoms. The van der Waals surface area contributed by atoms with Crippen LogP contribution in [0.25, 0.3) is 0 Å². The molecule has 0 bridgehead atoms. The van der Waals surface area contributed by atoms with Gasteiger partial charge in [0, 0.05) is 11.1 Å². The van der Waals surface area contributed by atoms with E-state index in [4.69, 9.17) is 9.47 Å². The van der Waals surface area contributed by atoms with E-state index in [2.05, 4.69) is 5.32 Å². The van der Waals surface area contributed by atoms with Crippen molar-refractivity contribution in [1.82, 2.24) is 5.32 Å². The molecule has 5 heteroatoms. The number of benzene rings is 1. The number of piperidine rings is 1. The number of hydrogen-bond acceptors (Lipinski definition) is 3. The van der Waals surface area contributed by atoms with Gasteiger partial charge in [-0.3, -0.25) is 0 Å². The Labute approximate surface area is 111 Å². The molecule has 1 aliphatic heterocycles. The van der Waals surface area contributed by atoms with E-state index in [1.807, 2.05) is 0 Å². The molecule has 0 radical (unpaired) electrons. The van der Waals surface area contributed by atoms with Gasteiger partial charge in [-0.1, -0.05) is 0 Å². The van der Waals surface area contributed by atoms with Crippen LogP contribution in [0.1, 0.15) is 36.3 Å². The van der Waals surface area contributed by atoms with Crippen molar-refractivity contribution in [3.8, 4) is 11.5 Å². The highest BCUT2D eigenvalue weighted by molar-refractivity contribution is 5.51. The highest BCUT2D eigenvalue weighted by atomic mass is 19.3. The Hall–Kier alpha value is -1.36. The van der Waals surface area contributed by atoms with Crippen molar-refractivity contribution in [3.05, 3.63) is 23.3 Å². The van der Waals surface area contributed by atoms with Crippen LogP contribution in [0.5, 0.6) is 11.5 Å². The summed E-state index contributed by atoms with van der Waals surface area (Å²) in [5.41, 5.74) is 0.824. The van der Waals surface area contributed by atoms with Gasteiger partial charge in [0.2, 0.25) is 0 Å². The number of ether oxygens (including phenoxy) is 2. The molecule has 1 heterocycles. The van der Waals surface area contributed by atoms with Crippen LogP contribution < -0.4 is 14.8 Å². The Morgan fingerprint density at radius 3 is 2.37 bits per heavy atom. The van der Waals surface area contributed by atoms with Gasteiger partial charge in [0.1, 0.15) is 0 Å². The Balaban J connectivity index is 2.45. The lowest BCUT2D eigenvalue weighted by Crippen LogP contribution is -2.27. The molecule has 2 rings (SSSR count). The molecule has 0 aromatic heterocycles. The minimum atomic E-state index is -2.50. The van der Waals surface area contributed by atoms with Gasteiger partial charge in [-0.15, -0.1) is 0 Å². The first-order chi connectivity index (χ1) is 9.17. The molecule has 106 valence electrons. The second-order valence-corrected chi connectivity index (χ2v) is 4.67. The Morgan fingerprint density at radius 1 is 1.16 bits per heavy atom. The van der Waals surface area contributed by atoms with Crippen molar-refractivity contribution in [2.24, 2.45) is 0 Å². The number of alkyl halides is 2. The lowest BCUT2D eigenvalue weighted by Gasteiger charge is -2.26.